The van der Waals surface area contributed by atoms with Crippen LogP contribution in [0.4, 0.5) is 0 Å². The Bertz CT molecular complexity index is 371. The zero-order valence-corrected chi connectivity index (χ0v) is 12.0. The zero-order chi connectivity index (χ0) is 12.5. The van der Waals surface area contributed by atoms with Gasteiger partial charge in [0.1, 0.15) is 0 Å². The molecule has 1 saturated carbocycles. The van der Waals surface area contributed by atoms with Crippen molar-refractivity contribution >= 4 is 22.9 Å². The molecule has 1 aromatic heterocycles. The fourth-order valence-corrected chi connectivity index (χ4v) is 4.03. The van der Waals surface area contributed by atoms with Crippen LogP contribution in [0.5, 0.6) is 0 Å². The van der Waals surface area contributed by atoms with E-state index in [2.05, 4.69) is 19.0 Å². The second-order valence-corrected chi connectivity index (χ2v) is 6.93. The molecule has 0 aliphatic heterocycles. The van der Waals surface area contributed by atoms with Crippen LogP contribution < -0.4 is 0 Å². The first-order chi connectivity index (χ1) is 8.04. The van der Waals surface area contributed by atoms with Gasteiger partial charge in [-0.05, 0) is 39.1 Å². The maximum absolute atomic E-state index is 10.6. The molecule has 1 fully saturated rings. The van der Waals surface area contributed by atoms with Crippen LogP contribution in [0, 0.1) is 0 Å². The van der Waals surface area contributed by atoms with Gasteiger partial charge in [-0.3, -0.25) is 0 Å². The summed E-state index contributed by atoms with van der Waals surface area (Å²) in [6, 6.07) is 3.93. The molecule has 2 rings (SSSR count). The molecule has 0 radical (unpaired) electrons. The SMILES string of the molecule is CN(C)C1(C(O)Cc2ccc(Cl)s2)CCCC1. The van der Waals surface area contributed by atoms with Gasteiger partial charge in [-0.1, -0.05) is 24.4 Å². The van der Waals surface area contributed by atoms with E-state index in [1.54, 1.807) is 11.3 Å². The summed E-state index contributed by atoms with van der Waals surface area (Å²) in [5.74, 6) is 0. The van der Waals surface area contributed by atoms with Crippen molar-refractivity contribution in [2.75, 3.05) is 14.1 Å². The number of hydrogen-bond acceptors (Lipinski definition) is 3. The normalized spacial score (nSPS) is 21.0. The molecular formula is C13H20ClNOS. The van der Waals surface area contributed by atoms with Crippen molar-refractivity contribution in [1.82, 2.24) is 4.90 Å². The number of rotatable bonds is 4. The van der Waals surface area contributed by atoms with Crippen LogP contribution in [0.3, 0.4) is 0 Å². The lowest BCUT2D eigenvalue weighted by Crippen LogP contribution is -2.52. The monoisotopic (exact) mass is 273 g/mol. The number of aliphatic hydroxyl groups is 1. The zero-order valence-electron chi connectivity index (χ0n) is 10.4. The number of nitrogens with zero attached hydrogens (tertiary/aromatic N) is 1. The maximum atomic E-state index is 10.6. The lowest BCUT2D eigenvalue weighted by Gasteiger charge is -2.40. The summed E-state index contributed by atoms with van der Waals surface area (Å²) in [5, 5.41) is 10.6. The first-order valence-electron chi connectivity index (χ1n) is 6.14. The largest absolute Gasteiger partial charge is 0.391 e. The molecule has 0 spiro atoms. The van der Waals surface area contributed by atoms with Crippen molar-refractivity contribution in [3.8, 4) is 0 Å². The van der Waals surface area contributed by atoms with Gasteiger partial charge in [0.15, 0.2) is 0 Å². The minimum absolute atomic E-state index is 0.0313. The number of aliphatic hydroxyl groups excluding tert-OH is 1. The van der Waals surface area contributed by atoms with Crippen LogP contribution in [0.1, 0.15) is 30.6 Å². The maximum Gasteiger partial charge on any atom is 0.0931 e. The average Bonchev–Trinajstić information content (AvgIpc) is 2.87. The third kappa shape index (κ3) is 2.68. The Morgan fingerprint density at radius 3 is 2.53 bits per heavy atom. The molecule has 0 bridgehead atoms. The summed E-state index contributed by atoms with van der Waals surface area (Å²) in [6.45, 7) is 0. The predicted molar refractivity (Wildman–Crippen MR) is 73.9 cm³/mol. The van der Waals surface area contributed by atoms with E-state index in [-0.39, 0.29) is 11.6 Å². The standard InChI is InChI=1S/C13H20ClNOS/c1-15(2)13(7-3-4-8-13)11(16)9-10-5-6-12(14)17-10/h5-6,11,16H,3-4,7-9H2,1-2H3. The van der Waals surface area contributed by atoms with Crippen molar-refractivity contribution in [2.24, 2.45) is 0 Å². The Labute approximate surface area is 112 Å². The molecular weight excluding hydrogens is 254 g/mol. The molecule has 2 nitrogen and oxygen atoms in total. The van der Waals surface area contributed by atoms with Crippen molar-refractivity contribution in [3.63, 3.8) is 0 Å². The molecule has 96 valence electrons. The molecule has 1 aromatic rings. The molecule has 0 amide bonds. The van der Waals surface area contributed by atoms with Gasteiger partial charge in [-0.2, -0.15) is 0 Å². The molecule has 1 aliphatic rings. The highest BCUT2D eigenvalue weighted by atomic mass is 35.5. The topological polar surface area (TPSA) is 23.5 Å². The van der Waals surface area contributed by atoms with Gasteiger partial charge >= 0.3 is 0 Å². The van der Waals surface area contributed by atoms with Crippen molar-refractivity contribution in [3.05, 3.63) is 21.3 Å². The number of likely N-dealkylation sites (N-methyl/N-ethyl adjacent to an activating group) is 1. The Kier molecular flexibility index (Phi) is 4.14. The van der Waals surface area contributed by atoms with E-state index in [1.807, 2.05) is 12.1 Å². The van der Waals surface area contributed by atoms with Crippen molar-refractivity contribution in [1.29, 1.82) is 0 Å². The first kappa shape index (κ1) is 13.3. The molecule has 1 heterocycles. The molecule has 4 heteroatoms. The van der Waals surface area contributed by atoms with Gasteiger partial charge in [0.05, 0.1) is 10.4 Å². The summed E-state index contributed by atoms with van der Waals surface area (Å²) >= 11 is 7.50. The summed E-state index contributed by atoms with van der Waals surface area (Å²) < 4.78 is 0.803. The smallest absolute Gasteiger partial charge is 0.0931 e. The third-order valence-electron chi connectivity index (χ3n) is 4.00. The predicted octanol–water partition coefficient (Wildman–Crippen LogP) is 3.18. The fraction of sp³-hybridized carbons (Fsp3) is 0.692. The third-order valence-corrected chi connectivity index (χ3v) is 5.26. The van der Waals surface area contributed by atoms with Crippen LogP contribution in [0.15, 0.2) is 12.1 Å². The van der Waals surface area contributed by atoms with Crippen LogP contribution >= 0.6 is 22.9 Å². The summed E-state index contributed by atoms with van der Waals surface area (Å²) in [6.07, 6.45) is 5.06. The minimum atomic E-state index is -0.297. The Hall–Kier alpha value is -0.0900. The fourth-order valence-electron chi connectivity index (χ4n) is 2.91. The lowest BCUT2D eigenvalue weighted by atomic mass is 9.87. The first-order valence-corrected chi connectivity index (χ1v) is 7.34. The Morgan fingerprint density at radius 1 is 1.41 bits per heavy atom. The van der Waals surface area contributed by atoms with E-state index in [0.717, 1.165) is 23.6 Å². The van der Waals surface area contributed by atoms with Gasteiger partial charge in [-0.15, -0.1) is 11.3 Å². The van der Waals surface area contributed by atoms with Crippen LogP contribution in [-0.4, -0.2) is 35.7 Å². The van der Waals surface area contributed by atoms with E-state index in [1.165, 1.54) is 17.7 Å². The number of halogens is 1. The van der Waals surface area contributed by atoms with Crippen LogP contribution in [0.25, 0.3) is 0 Å². The van der Waals surface area contributed by atoms with Gasteiger partial charge in [0.25, 0.3) is 0 Å². The average molecular weight is 274 g/mol. The highest BCUT2D eigenvalue weighted by Crippen LogP contribution is 2.38. The van der Waals surface area contributed by atoms with E-state index in [4.69, 9.17) is 11.6 Å². The van der Waals surface area contributed by atoms with E-state index >= 15 is 0 Å². The molecule has 1 N–H and O–H groups in total. The molecule has 0 saturated heterocycles. The number of thiophene rings is 1. The Morgan fingerprint density at radius 2 is 2.06 bits per heavy atom. The highest BCUT2D eigenvalue weighted by Gasteiger charge is 2.42. The van der Waals surface area contributed by atoms with Crippen molar-refractivity contribution in [2.45, 2.75) is 43.7 Å². The minimum Gasteiger partial charge on any atom is -0.391 e. The molecule has 17 heavy (non-hydrogen) atoms. The Balaban J connectivity index is 2.09. The molecule has 1 aliphatic carbocycles. The second kappa shape index (κ2) is 5.27. The van der Waals surface area contributed by atoms with Gasteiger partial charge in [0.2, 0.25) is 0 Å². The lowest BCUT2D eigenvalue weighted by molar-refractivity contribution is -0.00205. The van der Waals surface area contributed by atoms with E-state index in [9.17, 15) is 5.11 Å². The van der Waals surface area contributed by atoms with Crippen molar-refractivity contribution < 1.29 is 5.11 Å². The van der Waals surface area contributed by atoms with Gasteiger partial charge < -0.3 is 10.0 Å². The summed E-state index contributed by atoms with van der Waals surface area (Å²) in [5.41, 5.74) is -0.0313. The van der Waals surface area contributed by atoms with E-state index < -0.39 is 0 Å². The number of hydrogen-bond donors (Lipinski definition) is 1. The van der Waals surface area contributed by atoms with Crippen LogP contribution in [0.2, 0.25) is 4.34 Å². The summed E-state index contributed by atoms with van der Waals surface area (Å²) in [4.78, 5) is 3.38. The van der Waals surface area contributed by atoms with Gasteiger partial charge in [-0.25, -0.2) is 0 Å². The van der Waals surface area contributed by atoms with Crippen LogP contribution in [-0.2, 0) is 6.42 Å². The highest BCUT2D eigenvalue weighted by molar-refractivity contribution is 7.16. The molecule has 0 aromatic carbocycles. The van der Waals surface area contributed by atoms with E-state index in [0.29, 0.717) is 0 Å². The second-order valence-electron chi connectivity index (χ2n) is 5.13. The quantitative estimate of drug-likeness (QED) is 0.911. The molecule has 1 unspecified atom stereocenters. The summed E-state index contributed by atoms with van der Waals surface area (Å²) in [7, 11) is 4.16. The van der Waals surface area contributed by atoms with Gasteiger partial charge in [0, 0.05) is 16.8 Å². The molecule has 1 atom stereocenters.